The Balaban J connectivity index is 0.677. The van der Waals surface area contributed by atoms with E-state index in [-0.39, 0.29) is 63.4 Å². The van der Waals surface area contributed by atoms with E-state index in [9.17, 15) is 19.2 Å². The van der Waals surface area contributed by atoms with Gasteiger partial charge in [0, 0.05) is 91.7 Å². The van der Waals surface area contributed by atoms with E-state index in [4.69, 9.17) is 26.8 Å². The van der Waals surface area contributed by atoms with E-state index in [0.29, 0.717) is 41.8 Å². The topological polar surface area (TPSA) is 164 Å². The summed E-state index contributed by atoms with van der Waals surface area (Å²) in [6.45, 7) is 6.36. The third-order valence-corrected chi connectivity index (χ3v) is 18.0. The molecule has 5 heterocycles. The van der Waals surface area contributed by atoms with Gasteiger partial charge in [-0.1, -0.05) is 54.9 Å². The van der Waals surface area contributed by atoms with Crippen LogP contribution in [-0.4, -0.2) is 102 Å². The molecule has 4 N–H and O–H groups in total. The van der Waals surface area contributed by atoms with Crippen molar-refractivity contribution in [1.82, 2.24) is 30.2 Å². The maximum atomic E-state index is 16.3. The van der Waals surface area contributed by atoms with E-state index in [2.05, 4.69) is 43.7 Å². The Morgan fingerprint density at radius 2 is 1.66 bits per heavy atom. The number of likely N-dealkylation sites (tertiary alicyclic amines) is 2. The van der Waals surface area contributed by atoms with Crippen LogP contribution in [0, 0.1) is 23.0 Å². The molecule has 5 fully saturated rings. The number of amides is 5. The molecule has 5 amide bonds. The summed E-state index contributed by atoms with van der Waals surface area (Å²) in [6, 6.07) is 20.3. The van der Waals surface area contributed by atoms with E-state index >= 15 is 8.78 Å². The molecule has 2 aliphatic carbocycles. The fourth-order valence-corrected chi connectivity index (χ4v) is 13.6. The number of aryl methyl sites for hydroxylation is 1. The minimum absolute atomic E-state index is 0.00479. The lowest BCUT2D eigenvalue weighted by molar-refractivity contribution is -0.141. The maximum absolute atomic E-state index is 16.3. The summed E-state index contributed by atoms with van der Waals surface area (Å²) in [5, 5.41) is 11.4. The number of nitrogens with one attached hydrogen (secondary N) is 2. The lowest BCUT2D eigenvalue weighted by atomic mass is 9.59. The highest BCUT2D eigenvalue weighted by molar-refractivity contribution is 6.34. The molecule has 0 bridgehead atoms. The monoisotopic (exact) mass is 1020 g/mol. The van der Waals surface area contributed by atoms with Crippen LogP contribution in [0.5, 0.6) is 11.5 Å². The quantitative estimate of drug-likeness (QED) is 0.117. The molecule has 5 aromatic rings. The summed E-state index contributed by atoms with van der Waals surface area (Å²) < 4.78 is 46.0. The number of aromatic nitrogens is 2. The second kappa shape index (κ2) is 19.3. The van der Waals surface area contributed by atoms with E-state index in [0.717, 1.165) is 94.0 Å². The van der Waals surface area contributed by atoms with Crippen molar-refractivity contribution in [3.63, 3.8) is 0 Å². The van der Waals surface area contributed by atoms with Gasteiger partial charge in [0.2, 0.25) is 17.7 Å². The van der Waals surface area contributed by atoms with Gasteiger partial charge in [0.05, 0.1) is 23.2 Å². The summed E-state index contributed by atoms with van der Waals surface area (Å²) in [4.78, 5) is 57.5. The van der Waals surface area contributed by atoms with Gasteiger partial charge in [-0.3, -0.25) is 29.3 Å². The van der Waals surface area contributed by atoms with Gasteiger partial charge in [-0.2, -0.15) is 5.10 Å². The Morgan fingerprint density at radius 1 is 0.932 bits per heavy atom. The van der Waals surface area contributed by atoms with Crippen LogP contribution in [0.15, 0.2) is 66.7 Å². The molecule has 14 nitrogen and oxygen atoms in total. The second-order valence-corrected chi connectivity index (χ2v) is 21.9. The number of nitrogens with zero attached hydrogens (tertiary/aromatic N) is 5. The number of piperidine rings is 2. The standard InChI is InChI=1S/C56H63ClF2N8O6/c1-32-46-44(28-41(58)49(57)48(46)47-40(51(60)69)15-16-43(72-3)50(47)59)73-56(32,36-7-5-4-6-8-36)31-61-37-12-9-34(10-13-37)53(70)66-25-20-55(21-26-66)29-38(30-55)65-22-17-33(18-23-65)35-11-14-39-42(27-35)64(2)63-52(39)67-24-19-45(68)62-54(67)71/h4-8,11,14-16,27-28,32-34,37-38,61H,9-10,12-13,17-26,29-31H2,1-3H3,(H2,60,69)(H,62,68,71). The number of carbonyl (C=O) groups excluding carboxylic acids is 4. The average Bonchev–Trinajstić information content (AvgIpc) is 3.87. The first-order valence-electron chi connectivity index (χ1n) is 25.9. The van der Waals surface area contributed by atoms with Crippen molar-refractivity contribution in [3.05, 3.63) is 106 Å². The summed E-state index contributed by atoms with van der Waals surface area (Å²) in [5.41, 5.74) is 8.21. The van der Waals surface area contributed by atoms with Crippen molar-refractivity contribution in [2.75, 3.05) is 51.3 Å². The summed E-state index contributed by atoms with van der Waals surface area (Å²) in [7, 11) is 3.21. The van der Waals surface area contributed by atoms with Crippen molar-refractivity contribution in [1.29, 1.82) is 0 Å². The first kappa shape index (κ1) is 49.1. The van der Waals surface area contributed by atoms with E-state index in [1.807, 2.05) is 49.0 Å². The second-order valence-electron chi connectivity index (χ2n) is 21.5. The highest BCUT2D eigenvalue weighted by atomic mass is 35.5. The minimum atomic E-state index is -1.06. The molecule has 17 heteroatoms. The van der Waals surface area contributed by atoms with Crippen molar-refractivity contribution >= 4 is 52.1 Å². The molecule has 4 aromatic carbocycles. The number of imide groups is 1. The summed E-state index contributed by atoms with van der Waals surface area (Å²) in [5.74, 6) is -2.01. The van der Waals surface area contributed by atoms with Crippen molar-refractivity contribution in [3.8, 4) is 22.6 Å². The predicted octanol–water partition coefficient (Wildman–Crippen LogP) is 8.92. The molecule has 73 heavy (non-hydrogen) atoms. The number of fused-ring (bicyclic) bond motifs is 2. The Bertz CT molecular complexity index is 2990. The normalized spacial score (nSPS) is 24.6. The molecule has 2 unspecified atom stereocenters. The molecule has 3 saturated heterocycles. The number of ether oxygens (including phenoxy) is 2. The third kappa shape index (κ3) is 8.70. The SMILES string of the molecule is COc1ccc(C(N)=O)c(-c2c(Cl)c(F)cc3c2C(C)C(CNC2CCC(C(=O)N4CCC5(CC4)CC(N4CCC(c6ccc7c(N8CCC(=O)NC8=O)nn(C)c7c6)CC4)C5)CC2)(c2ccccc2)O3)c1F. The molecule has 384 valence electrons. The van der Waals surface area contributed by atoms with Gasteiger partial charge in [0.15, 0.2) is 23.0 Å². The van der Waals surface area contributed by atoms with E-state index < -0.39 is 35.1 Å². The summed E-state index contributed by atoms with van der Waals surface area (Å²) in [6.07, 6.45) is 10.1. The van der Waals surface area contributed by atoms with Gasteiger partial charge in [-0.15, -0.1) is 0 Å². The molecule has 6 aliphatic rings. The molecule has 0 radical (unpaired) electrons. The Hall–Kier alpha value is -6.10. The number of methoxy groups -OCH3 is 1. The van der Waals surface area contributed by atoms with Crippen molar-refractivity contribution in [2.45, 2.75) is 107 Å². The van der Waals surface area contributed by atoms with Gasteiger partial charge in [0.25, 0.3) is 0 Å². The van der Waals surface area contributed by atoms with Gasteiger partial charge in [-0.25, -0.2) is 13.6 Å². The Kier molecular flexibility index (Phi) is 13.0. The van der Waals surface area contributed by atoms with Crippen LogP contribution in [0.4, 0.5) is 19.4 Å². The Morgan fingerprint density at radius 3 is 2.34 bits per heavy atom. The van der Waals surface area contributed by atoms with Crippen LogP contribution in [0.1, 0.15) is 116 Å². The number of carbonyl (C=O) groups is 4. The van der Waals surface area contributed by atoms with E-state index in [1.165, 1.54) is 43.7 Å². The number of nitrogens with two attached hydrogens (primary N) is 1. The fourth-order valence-electron chi connectivity index (χ4n) is 13.4. The largest absolute Gasteiger partial charge is 0.494 e. The molecular weight excluding hydrogens is 954 g/mol. The van der Waals surface area contributed by atoms with Crippen LogP contribution in [-0.2, 0) is 22.2 Å². The average molecular weight is 1020 g/mol. The van der Waals surface area contributed by atoms with E-state index in [1.54, 1.807) is 4.90 Å². The molecule has 11 rings (SSSR count). The highest BCUT2D eigenvalue weighted by Gasteiger charge is 2.52. The molecular formula is C56H63ClF2N8O6. The molecule has 4 aliphatic heterocycles. The van der Waals surface area contributed by atoms with Crippen LogP contribution in [0.3, 0.4) is 0 Å². The number of anilines is 1. The van der Waals surface area contributed by atoms with Crippen LogP contribution in [0.2, 0.25) is 5.02 Å². The minimum Gasteiger partial charge on any atom is -0.494 e. The Labute approximate surface area is 428 Å². The number of hydrogen-bond donors (Lipinski definition) is 3. The van der Waals surface area contributed by atoms with Crippen LogP contribution in [0.25, 0.3) is 22.0 Å². The number of urea groups is 1. The number of halogens is 3. The van der Waals surface area contributed by atoms with Gasteiger partial charge in [0.1, 0.15) is 11.6 Å². The zero-order valence-corrected chi connectivity index (χ0v) is 42.4. The predicted molar refractivity (Wildman–Crippen MR) is 274 cm³/mol. The summed E-state index contributed by atoms with van der Waals surface area (Å²) >= 11 is 6.72. The van der Waals surface area contributed by atoms with Crippen molar-refractivity contribution in [2.24, 2.45) is 24.1 Å². The first-order valence-corrected chi connectivity index (χ1v) is 26.3. The van der Waals surface area contributed by atoms with Crippen LogP contribution < -0.4 is 30.7 Å². The highest BCUT2D eigenvalue weighted by Crippen LogP contribution is 2.57. The number of benzene rings is 4. The molecule has 1 spiro atoms. The first-order chi connectivity index (χ1) is 35.2. The van der Waals surface area contributed by atoms with Gasteiger partial charge in [-0.05, 0) is 124 Å². The fraction of sp³-hybridized carbons (Fsp3) is 0.482. The smallest absolute Gasteiger partial charge is 0.329 e. The number of primary amides is 1. The van der Waals surface area contributed by atoms with Crippen LogP contribution >= 0.6 is 11.6 Å². The number of hydrogen-bond acceptors (Lipinski definition) is 9. The zero-order valence-electron chi connectivity index (χ0n) is 41.7. The molecule has 2 atom stereocenters. The maximum Gasteiger partial charge on any atom is 0.329 e. The molecule has 2 saturated carbocycles. The van der Waals surface area contributed by atoms with Gasteiger partial charge < -0.3 is 30.3 Å². The number of rotatable bonds is 11. The van der Waals surface area contributed by atoms with Crippen molar-refractivity contribution < 1.29 is 37.4 Å². The molecule has 1 aromatic heterocycles. The lowest BCUT2D eigenvalue weighted by Crippen LogP contribution is -2.57. The lowest BCUT2D eigenvalue weighted by Gasteiger charge is -2.56. The zero-order chi connectivity index (χ0) is 50.9. The van der Waals surface area contributed by atoms with Gasteiger partial charge >= 0.3 is 6.03 Å². The third-order valence-electron chi connectivity index (χ3n) is 17.6.